The minimum absolute atomic E-state index is 0.360. The van der Waals surface area contributed by atoms with Gasteiger partial charge in [-0.05, 0) is 35.5 Å². The number of nitrogens with one attached hydrogen (secondary N) is 1. The molecule has 1 aliphatic rings. The highest BCUT2D eigenvalue weighted by molar-refractivity contribution is 8.18. The Morgan fingerprint density at radius 2 is 1.87 bits per heavy atom. The lowest BCUT2D eigenvalue weighted by Gasteiger charge is -2.09. The number of aromatic nitrogens is 3. The fourth-order valence-electron chi connectivity index (χ4n) is 3.28. The van der Waals surface area contributed by atoms with Crippen molar-refractivity contribution in [2.45, 2.75) is 6.54 Å². The lowest BCUT2D eigenvalue weighted by Crippen LogP contribution is -2.17. The molecule has 0 bridgehead atoms. The van der Waals surface area contributed by atoms with Crippen molar-refractivity contribution < 1.29 is 9.59 Å². The van der Waals surface area contributed by atoms with Crippen molar-refractivity contribution in [3.05, 3.63) is 73.5 Å². The second kappa shape index (κ2) is 8.12. The first-order valence-electron chi connectivity index (χ1n) is 9.05. The summed E-state index contributed by atoms with van der Waals surface area (Å²) in [7, 11) is 0. The van der Waals surface area contributed by atoms with Gasteiger partial charge < -0.3 is 4.57 Å². The van der Waals surface area contributed by atoms with E-state index in [1.54, 1.807) is 17.7 Å². The first kappa shape index (κ1) is 20.3. The third-order valence-electron chi connectivity index (χ3n) is 4.70. The highest BCUT2D eigenvalue weighted by Crippen LogP contribution is 2.32. The first-order valence-corrected chi connectivity index (χ1v) is 11.6. The van der Waals surface area contributed by atoms with Crippen LogP contribution in [0.3, 0.4) is 0 Å². The van der Waals surface area contributed by atoms with E-state index in [2.05, 4.69) is 14.9 Å². The number of thioether (sulfide) groups is 1. The summed E-state index contributed by atoms with van der Waals surface area (Å²) in [6.45, 7) is 0.540. The van der Waals surface area contributed by atoms with E-state index in [-0.39, 0.29) is 11.1 Å². The predicted molar refractivity (Wildman–Crippen MR) is 126 cm³/mol. The van der Waals surface area contributed by atoms with Crippen LogP contribution in [0, 0.1) is 0 Å². The summed E-state index contributed by atoms with van der Waals surface area (Å²) in [6.07, 6.45) is 1.69. The van der Waals surface area contributed by atoms with Gasteiger partial charge >= 0.3 is 0 Å². The Morgan fingerprint density at radius 1 is 1.10 bits per heavy atom. The van der Waals surface area contributed by atoms with Crippen LogP contribution in [-0.4, -0.2) is 25.7 Å². The predicted octanol–water partition coefficient (Wildman–Crippen LogP) is 5.84. The summed E-state index contributed by atoms with van der Waals surface area (Å²) in [5.74, 6) is 0.376. The molecule has 10 heteroatoms. The highest BCUT2D eigenvalue weighted by Gasteiger charge is 2.25. The summed E-state index contributed by atoms with van der Waals surface area (Å²) in [6, 6.07) is 11.2. The smallest absolute Gasteiger partial charge is 0.290 e. The van der Waals surface area contributed by atoms with E-state index in [1.165, 1.54) is 11.3 Å². The van der Waals surface area contributed by atoms with Gasteiger partial charge in [-0.25, -0.2) is 9.97 Å². The van der Waals surface area contributed by atoms with Gasteiger partial charge in [-0.15, -0.1) is 11.3 Å². The summed E-state index contributed by atoms with van der Waals surface area (Å²) < 4.78 is 2.05. The quantitative estimate of drug-likeness (QED) is 0.366. The van der Waals surface area contributed by atoms with Gasteiger partial charge in [0, 0.05) is 10.9 Å². The van der Waals surface area contributed by atoms with E-state index < -0.39 is 0 Å². The van der Waals surface area contributed by atoms with Gasteiger partial charge in [0.1, 0.15) is 5.82 Å². The van der Waals surface area contributed by atoms with Crippen LogP contribution in [0.15, 0.2) is 52.2 Å². The molecule has 1 N–H and O–H groups in total. The van der Waals surface area contributed by atoms with Gasteiger partial charge in [0.15, 0.2) is 0 Å². The molecular formula is C21H12Cl2N4O2S2. The number of benzene rings is 2. The minimum atomic E-state index is -0.377. The van der Waals surface area contributed by atoms with E-state index in [1.807, 2.05) is 35.7 Å². The standard InChI is InChI=1S/C21H12Cl2N4O2S2/c22-14-6-16-17(7-15(14)23)27(8-13-9-30-10-24-13)19(25-16)12-3-1-11(2-4-12)5-18-20(28)26-21(29)31-18/h1-7,9-10H,8H2,(H,26,28,29)/b18-5-. The number of imide groups is 1. The molecule has 0 radical (unpaired) electrons. The summed E-state index contributed by atoms with van der Waals surface area (Å²) in [5.41, 5.74) is 6.02. The SMILES string of the molecule is O=C1NC(=O)/C(=C/c2ccc(-c3nc4cc(Cl)c(Cl)cc4n3Cc3cscn3)cc2)S1. The van der Waals surface area contributed by atoms with E-state index in [4.69, 9.17) is 28.2 Å². The number of fused-ring (bicyclic) bond motifs is 1. The van der Waals surface area contributed by atoms with Gasteiger partial charge in [-0.1, -0.05) is 47.5 Å². The summed E-state index contributed by atoms with van der Waals surface area (Å²) >= 11 is 14.9. The number of hydrogen-bond donors (Lipinski definition) is 1. The maximum absolute atomic E-state index is 11.8. The third kappa shape index (κ3) is 3.99. The highest BCUT2D eigenvalue weighted by atomic mass is 35.5. The number of thiazole rings is 1. The van der Waals surface area contributed by atoms with Crippen molar-refractivity contribution in [1.82, 2.24) is 19.9 Å². The monoisotopic (exact) mass is 486 g/mol. The Balaban J connectivity index is 1.57. The lowest BCUT2D eigenvalue weighted by molar-refractivity contribution is -0.115. The minimum Gasteiger partial charge on any atom is -0.318 e. The molecule has 2 aromatic carbocycles. The van der Waals surface area contributed by atoms with Gasteiger partial charge in [0.2, 0.25) is 0 Å². The maximum Gasteiger partial charge on any atom is 0.290 e. The van der Waals surface area contributed by atoms with E-state index in [0.717, 1.165) is 45.4 Å². The largest absolute Gasteiger partial charge is 0.318 e. The van der Waals surface area contributed by atoms with Crippen molar-refractivity contribution in [2.24, 2.45) is 0 Å². The number of halogens is 2. The Kier molecular flexibility index (Phi) is 5.31. The van der Waals surface area contributed by atoms with Crippen molar-refractivity contribution in [2.75, 3.05) is 0 Å². The number of carbonyl (C=O) groups excluding carboxylic acids is 2. The average molecular weight is 487 g/mol. The Morgan fingerprint density at radius 3 is 2.55 bits per heavy atom. The molecule has 0 atom stereocenters. The maximum atomic E-state index is 11.8. The van der Waals surface area contributed by atoms with Crippen LogP contribution in [-0.2, 0) is 11.3 Å². The van der Waals surface area contributed by atoms with Gasteiger partial charge in [-0.3, -0.25) is 14.9 Å². The average Bonchev–Trinajstić information content (AvgIpc) is 3.45. The van der Waals surface area contributed by atoms with Crippen LogP contribution < -0.4 is 5.32 Å². The molecule has 3 heterocycles. The molecule has 1 aliphatic heterocycles. The summed E-state index contributed by atoms with van der Waals surface area (Å²) in [5, 5.41) is 4.80. The molecule has 2 aromatic heterocycles. The zero-order valence-electron chi connectivity index (χ0n) is 15.6. The van der Waals surface area contributed by atoms with Crippen LogP contribution in [0.1, 0.15) is 11.3 Å². The van der Waals surface area contributed by atoms with Crippen LogP contribution in [0.25, 0.3) is 28.5 Å². The van der Waals surface area contributed by atoms with Crippen LogP contribution in [0.5, 0.6) is 0 Å². The molecule has 5 rings (SSSR count). The molecule has 4 aromatic rings. The third-order valence-corrected chi connectivity index (χ3v) is 6.87. The second-order valence-electron chi connectivity index (χ2n) is 6.73. The number of amides is 2. The van der Waals surface area contributed by atoms with Crippen LogP contribution in [0.2, 0.25) is 10.0 Å². The Hall–Kier alpha value is -2.65. The zero-order valence-corrected chi connectivity index (χ0v) is 18.8. The fraction of sp³-hybridized carbons (Fsp3) is 0.0476. The summed E-state index contributed by atoms with van der Waals surface area (Å²) in [4.78, 5) is 32.7. The van der Waals surface area contributed by atoms with Crippen molar-refractivity contribution >= 4 is 74.6 Å². The number of hydrogen-bond acceptors (Lipinski definition) is 6. The number of nitrogens with zero attached hydrogens (tertiary/aromatic N) is 3. The molecule has 31 heavy (non-hydrogen) atoms. The van der Waals surface area contributed by atoms with Crippen molar-refractivity contribution in [3.8, 4) is 11.4 Å². The van der Waals surface area contributed by atoms with E-state index in [9.17, 15) is 9.59 Å². The number of imidazole rings is 1. The van der Waals surface area contributed by atoms with Crippen LogP contribution in [0.4, 0.5) is 4.79 Å². The molecule has 6 nitrogen and oxygen atoms in total. The van der Waals surface area contributed by atoms with E-state index in [0.29, 0.717) is 21.5 Å². The molecule has 0 spiro atoms. The van der Waals surface area contributed by atoms with Gasteiger partial charge in [0.05, 0.1) is 43.7 Å². The van der Waals surface area contributed by atoms with E-state index >= 15 is 0 Å². The fourth-order valence-corrected chi connectivity index (χ4v) is 4.83. The van der Waals surface area contributed by atoms with Crippen LogP contribution >= 0.6 is 46.3 Å². The second-order valence-corrected chi connectivity index (χ2v) is 9.28. The molecule has 2 amide bonds. The first-order chi connectivity index (χ1) is 15.0. The van der Waals surface area contributed by atoms with Gasteiger partial charge in [0.25, 0.3) is 11.1 Å². The van der Waals surface area contributed by atoms with Crippen molar-refractivity contribution in [3.63, 3.8) is 0 Å². The molecule has 1 fully saturated rings. The molecular weight excluding hydrogens is 475 g/mol. The van der Waals surface area contributed by atoms with Crippen molar-refractivity contribution in [1.29, 1.82) is 0 Å². The Bertz CT molecular complexity index is 1360. The molecule has 0 aliphatic carbocycles. The zero-order chi connectivity index (χ0) is 21.5. The number of carbonyl (C=O) groups is 2. The normalized spacial score (nSPS) is 15.2. The Labute approximate surface area is 194 Å². The molecule has 1 saturated heterocycles. The number of rotatable bonds is 4. The molecule has 154 valence electrons. The topological polar surface area (TPSA) is 76.9 Å². The molecule has 0 saturated carbocycles. The molecule has 0 unspecified atom stereocenters. The lowest BCUT2D eigenvalue weighted by atomic mass is 10.1. The van der Waals surface area contributed by atoms with Gasteiger partial charge in [-0.2, -0.15) is 0 Å².